The van der Waals surface area contributed by atoms with Gasteiger partial charge in [-0.1, -0.05) is 74.8 Å². The Morgan fingerprint density at radius 2 is 1.70 bits per heavy atom. The fraction of sp³-hybridized carbons (Fsp3) is 0.333. The third-order valence-corrected chi connectivity index (χ3v) is 13.1. The minimum Gasteiger partial charge on any atom is -0.420 e. The number of nitrogen functional groups attached to an aromatic ring is 1. The zero-order valence-electron chi connectivity index (χ0n) is 25.6. The van der Waals surface area contributed by atoms with Crippen molar-refractivity contribution in [3.63, 3.8) is 0 Å². The lowest BCUT2D eigenvalue weighted by Gasteiger charge is -2.40. The van der Waals surface area contributed by atoms with E-state index in [1.165, 1.54) is 0 Å². The summed E-state index contributed by atoms with van der Waals surface area (Å²) in [7, 11) is -2.05. The molecule has 1 aromatic heterocycles. The molecular weight excluding hydrogens is 599 g/mol. The molecule has 0 saturated heterocycles. The predicted molar refractivity (Wildman–Crippen MR) is 177 cm³/mol. The van der Waals surface area contributed by atoms with Gasteiger partial charge in [-0.2, -0.15) is 0 Å². The number of rotatable bonds is 8. The molecule has 0 spiro atoms. The third-order valence-electron chi connectivity index (χ3n) is 7.81. The maximum Gasteiger partial charge on any atom is 0.252 e. The highest BCUT2D eigenvalue weighted by Crippen LogP contribution is 2.40. The maximum atomic E-state index is 10.4. The second kappa shape index (κ2) is 14.3. The van der Waals surface area contributed by atoms with Gasteiger partial charge in [0.05, 0.1) is 23.6 Å². The number of aromatic nitrogens is 2. The average molecular weight is 638 g/mol. The molecule has 43 heavy (non-hydrogen) atoms. The van der Waals surface area contributed by atoms with Gasteiger partial charge in [0.2, 0.25) is 17.5 Å². The lowest BCUT2D eigenvalue weighted by Crippen LogP contribution is -2.44. The highest BCUT2D eigenvalue weighted by Gasteiger charge is 2.41. The van der Waals surface area contributed by atoms with Crippen molar-refractivity contribution in [2.75, 3.05) is 5.73 Å². The van der Waals surface area contributed by atoms with E-state index >= 15 is 0 Å². The molecule has 7 nitrogen and oxygen atoms in total. The molecule has 0 bridgehead atoms. The Kier molecular flexibility index (Phi) is 11.3. The van der Waals surface area contributed by atoms with Crippen molar-refractivity contribution in [3.8, 4) is 11.5 Å². The molecule has 10 heteroatoms. The second-order valence-electron chi connectivity index (χ2n) is 11.9. The summed E-state index contributed by atoms with van der Waals surface area (Å²) < 4.78 is 12.9. The number of hydrogen-bond acceptors (Lipinski definition) is 6. The van der Waals surface area contributed by atoms with Gasteiger partial charge in [-0.15, -0.1) is 10.2 Å². The van der Waals surface area contributed by atoms with E-state index in [9.17, 15) is 4.79 Å². The van der Waals surface area contributed by atoms with Crippen LogP contribution in [0.25, 0.3) is 16.3 Å². The zero-order chi connectivity index (χ0) is 31.9. The summed E-state index contributed by atoms with van der Waals surface area (Å²) >= 11 is 11.6. The first kappa shape index (κ1) is 34.0. The number of halogens is 2. The van der Waals surface area contributed by atoms with Crippen LogP contribution in [0.1, 0.15) is 61.0 Å². The number of anilines is 1. The third kappa shape index (κ3) is 8.77. The molecule has 2 atom stereocenters. The Bertz CT molecular complexity index is 1580. The second-order valence-corrected chi connectivity index (χ2v) is 17.4. The van der Waals surface area contributed by atoms with Crippen molar-refractivity contribution in [3.05, 3.63) is 106 Å². The minimum absolute atomic E-state index is 0.0618. The molecule has 1 heterocycles. The van der Waals surface area contributed by atoms with Gasteiger partial charge in [0, 0.05) is 16.8 Å². The van der Waals surface area contributed by atoms with Crippen molar-refractivity contribution >= 4 is 48.1 Å². The first-order valence-electron chi connectivity index (χ1n) is 13.9. The van der Waals surface area contributed by atoms with Gasteiger partial charge in [-0.3, -0.25) is 4.79 Å². The number of nitrogens with two attached hydrogens (primary N) is 1. The summed E-state index contributed by atoms with van der Waals surface area (Å²) in [5.74, 6) is 0.776. The summed E-state index contributed by atoms with van der Waals surface area (Å²) in [6, 6.07) is 19.8. The molecule has 0 saturated carbocycles. The molecule has 3 aromatic carbocycles. The van der Waals surface area contributed by atoms with Gasteiger partial charge in [0.1, 0.15) is 0 Å². The van der Waals surface area contributed by atoms with Crippen LogP contribution in [0.4, 0.5) is 11.4 Å². The first-order chi connectivity index (χ1) is 20.1. The van der Waals surface area contributed by atoms with E-state index in [1.54, 1.807) is 30.3 Å². The highest BCUT2D eigenvalue weighted by atomic mass is 35.5. The number of hydrogen-bond donors (Lipinski definition) is 1. The van der Waals surface area contributed by atoms with E-state index in [1.807, 2.05) is 43.3 Å². The van der Waals surface area contributed by atoms with Crippen LogP contribution in [0.5, 0.6) is 0 Å². The summed E-state index contributed by atoms with van der Waals surface area (Å²) in [4.78, 5) is 13.9. The van der Waals surface area contributed by atoms with Gasteiger partial charge in [-0.25, -0.2) is 4.85 Å². The number of carbonyl (C=O) groups is 1. The monoisotopic (exact) mass is 636 g/mol. The molecule has 0 amide bonds. The minimum atomic E-state index is -2.05. The Morgan fingerprint density at radius 3 is 2.23 bits per heavy atom. The highest BCUT2D eigenvalue weighted by molar-refractivity contribution is 6.74. The molecule has 0 aliphatic rings. The van der Waals surface area contributed by atoms with E-state index in [0.29, 0.717) is 40.2 Å². The van der Waals surface area contributed by atoms with E-state index in [-0.39, 0.29) is 17.1 Å². The van der Waals surface area contributed by atoms with Crippen LogP contribution in [-0.4, -0.2) is 29.9 Å². The zero-order valence-corrected chi connectivity index (χ0v) is 28.1. The van der Waals surface area contributed by atoms with Crippen molar-refractivity contribution in [1.82, 2.24) is 10.2 Å². The Morgan fingerprint density at radius 1 is 1.07 bits per heavy atom. The van der Waals surface area contributed by atoms with E-state index in [2.05, 4.69) is 55.8 Å². The summed E-state index contributed by atoms with van der Waals surface area (Å²) in [6.45, 7) is 22.5. The normalized spacial score (nSPS) is 12.9. The molecular formula is C33H38Cl2N4O3Si. The molecule has 0 unspecified atom stereocenters. The Balaban J connectivity index is 0.000000480. The SMILES string of the molecule is O=C(Cl)c1ccccc1.[C-]#[N+]c1ccc(C[C@@H](c2nnc(-c3ccc(N)cc3)o2)[C@H](C)O[Si](C)(C)C(C)(C)C)c(C)c1Cl. The quantitative estimate of drug-likeness (QED) is 0.0895. The van der Waals surface area contributed by atoms with Gasteiger partial charge < -0.3 is 14.6 Å². The first-order valence-corrected chi connectivity index (χ1v) is 17.6. The van der Waals surface area contributed by atoms with Crippen LogP contribution < -0.4 is 5.73 Å². The van der Waals surface area contributed by atoms with Gasteiger partial charge in [-0.05, 0) is 85.4 Å². The van der Waals surface area contributed by atoms with Crippen LogP contribution in [-0.2, 0) is 10.8 Å². The van der Waals surface area contributed by atoms with E-state index in [0.717, 1.165) is 16.7 Å². The lowest BCUT2D eigenvalue weighted by molar-refractivity contribution is 0.108. The number of nitrogens with zero attached hydrogens (tertiary/aromatic N) is 3. The maximum absolute atomic E-state index is 10.4. The van der Waals surface area contributed by atoms with Crippen molar-refractivity contribution in [1.29, 1.82) is 0 Å². The largest absolute Gasteiger partial charge is 0.420 e. The molecule has 0 fully saturated rings. The van der Waals surface area contributed by atoms with Crippen LogP contribution in [0, 0.1) is 13.5 Å². The number of benzene rings is 3. The van der Waals surface area contributed by atoms with Crippen LogP contribution in [0.3, 0.4) is 0 Å². The Hall–Kier alpha value is -3.48. The summed E-state index contributed by atoms with van der Waals surface area (Å²) in [5, 5.41) is 8.86. The summed E-state index contributed by atoms with van der Waals surface area (Å²) in [6.07, 6.45) is 0.433. The fourth-order valence-corrected chi connectivity index (χ4v) is 5.93. The molecule has 0 radical (unpaired) electrons. The molecule has 0 aliphatic carbocycles. The van der Waals surface area contributed by atoms with Gasteiger partial charge in [0.25, 0.3) is 5.24 Å². The molecule has 0 aliphatic heterocycles. The van der Waals surface area contributed by atoms with Crippen LogP contribution in [0.2, 0.25) is 23.2 Å². The fourth-order valence-electron chi connectivity index (χ4n) is 4.13. The van der Waals surface area contributed by atoms with Gasteiger partial charge >= 0.3 is 0 Å². The van der Waals surface area contributed by atoms with Crippen molar-refractivity contribution < 1.29 is 13.6 Å². The van der Waals surface area contributed by atoms with Crippen LogP contribution in [0.15, 0.2) is 71.1 Å². The predicted octanol–water partition coefficient (Wildman–Crippen LogP) is 9.63. The van der Waals surface area contributed by atoms with E-state index < -0.39 is 13.6 Å². The summed E-state index contributed by atoms with van der Waals surface area (Å²) in [5.41, 5.74) is 10.2. The standard InChI is InChI=1S/C26H33ClN4O2Si.C7H5ClO/c1-16-19(11-14-22(29-6)23(16)27)15-21(17(2)33-34(7,8)26(3,4)5)25-31-30-24(32-25)18-9-12-20(28)13-10-18;8-7(9)6-4-2-1-3-5-6/h9-14,17,21H,15,28H2,1-5,7-8H3;1-5H/t17-,21+;/m0./s1. The van der Waals surface area contributed by atoms with Gasteiger partial charge in [0.15, 0.2) is 8.32 Å². The average Bonchev–Trinajstić information content (AvgIpc) is 3.44. The van der Waals surface area contributed by atoms with Crippen LogP contribution >= 0.6 is 23.2 Å². The lowest BCUT2D eigenvalue weighted by atomic mass is 9.92. The molecule has 2 N–H and O–H groups in total. The molecule has 4 rings (SSSR count). The Labute approximate surface area is 265 Å². The molecule has 226 valence electrons. The number of carbonyl (C=O) groups excluding carboxylic acids is 1. The van der Waals surface area contributed by atoms with E-state index in [4.69, 9.17) is 44.4 Å². The smallest absolute Gasteiger partial charge is 0.252 e. The topological polar surface area (TPSA) is 95.6 Å². The molecule has 4 aromatic rings. The van der Waals surface area contributed by atoms with Crippen molar-refractivity contribution in [2.24, 2.45) is 0 Å². The van der Waals surface area contributed by atoms with Crippen molar-refractivity contribution in [2.45, 2.75) is 71.2 Å².